The van der Waals surface area contributed by atoms with Crippen LogP contribution < -0.4 is 4.74 Å². The number of ether oxygens (including phenoxy) is 1. The molecule has 2 aromatic carbocycles. The summed E-state index contributed by atoms with van der Waals surface area (Å²) in [4.78, 5) is 0. The van der Waals surface area contributed by atoms with Crippen molar-refractivity contribution in [3.8, 4) is 17.6 Å². The van der Waals surface area contributed by atoms with E-state index in [1.165, 1.54) is 101 Å². The van der Waals surface area contributed by atoms with Crippen LogP contribution in [0.4, 0.5) is 8.78 Å². The maximum Gasteiger partial charge on any atom is 0.387 e. The molecule has 0 spiro atoms. The van der Waals surface area contributed by atoms with Gasteiger partial charge in [0.25, 0.3) is 0 Å². The normalized spacial score (nSPS) is 17.9. The molecule has 184 valence electrons. The first-order valence-electron chi connectivity index (χ1n) is 13.3. The Balaban J connectivity index is 1.36. The lowest BCUT2D eigenvalue weighted by Crippen LogP contribution is -2.13. The van der Waals surface area contributed by atoms with Crippen LogP contribution in [-0.4, -0.2) is 6.61 Å². The number of alkyl halides is 2. The van der Waals surface area contributed by atoms with E-state index in [1.807, 2.05) is 0 Å². The van der Waals surface area contributed by atoms with Gasteiger partial charge in [0.1, 0.15) is 5.75 Å². The van der Waals surface area contributed by atoms with Gasteiger partial charge in [-0.1, -0.05) is 88.7 Å². The molecule has 0 aromatic heterocycles. The zero-order valence-electron chi connectivity index (χ0n) is 20.7. The second-order valence-electron chi connectivity index (χ2n) is 9.76. The zero-order valence-corrected chi connectivity index (χ0v) is 20.7. The largest absolute Gasteiger partial charge is 0.435 e. The van der Waals surface area contributed by atoms with Gasteiger partial charge in [-0.25, -0.2) is 0 Å². The molecule has 34 heavy (non-hydrogen) atoms. The zero-order chi connectivity index (χ0) is 24.0. The van der Waals surface area contributed by atoms with E-state index in [-0.39, 0.29) is 5.75 Å². The van der Waals surface area contributed by atoms with E-state index in [9.17, 15) is 8.78 Å². The summed E-state index contributed by atoms with van der Waals surface area (Å²) in [6, 6.07) is 15.1. The van der Waals surface area contributed by atoms with E-state index in [1.54, 1.807) is 12.1 Å². The molecule has 2 aromatic rings. The van der Waals surface area contributed by atoms with E-state index in [2.05, 4.69) is 47.8 Å². The molecular weight excluding hydrogens is 426 g/mol. The lowest BCUT2D eigenvalue weighted by Gasteiger charge is -2.29. The monoisotopic (exact) mass is 466 g/mol. The van der Waals surface area contributed by atoms with Crippen LogP contribution in [0.2, 0.25) is 0 Å². The fourth-order valence-corrected chi connectivity index (χ4v) is 5.05. The summed E-state index contributed by atoms with van der Waals surface area (Å²) < 4.78 is 28.9. The number of hydrogen-bond acceptors (Lipinski definition) is 1. The number of benzene rings is 2. The predicted molar refractivity (Wildman–Crippen MR) is 137 cm³/mol. The molecule has 1 nitrogen and oxygen atoms in total. The van der Waals surface area contributed by atoms with Crippen LogP contribution >= 0.6 is 0 Å². The summed E-state index contributed by atoms with van der Waals surface area (Å²) in [6.07, 6.45) is 18.0. The quantitative estimate of drug-likeness (QED) is 0.223. The van der Waals surface area contributed by atoms with E-state index < -0.39 is 6.61 Å². The van der Waals surface area contributed by atoms with Gasteiger partial charge in [0, 0.05) is 11.1 Å². The Morgan fingerprint density at radius 2 is 1.26 bits per heavy atom. The minimum atomic E-state index is -2.81. The topological polar surface area (TPSA) is 9.23 Å². The summed E-state index contributed by atoms with van der Waals surface area (Å²) >= 11 is 0. The third-order valence-electron chi connectivity index (χ3n) is 7.13. The van der Waals surface area contributed by atoms with Crippen molar-refractivity contribution in [1.82, 2.24) is 0 Å². The molecule has 0 aliphatic heterocycles. The summed E-state index contributed by atoms with van der Waals surface area (Å²) in [7, 11) is 0. The molecule has 0 heterocycles. The third-order valence-corrected chi connectivity index (χ3v) is 7.13. The Hall–Kier alpha value is -2.34. The van der Waals surface area contributed by atoms with Gasteiger partial charge >= 0.3 is 6.61 Å². The number of unbranched alkanes of at least 4 members (excludes halogenated alkanes) is 7. The molecule has 1 saturated carbocycles. The standard InChI is InChI=1S/C31H40F2O/c1-2-3-4-5-6-7-8-9-10-25-13-19-28(20-14-25)29-21-15-26(16-22-29)11-12-27-17-23-30(24-18-27)34-31(32)33/h15-18,21-25,28,31H,2-10,13-14,19-20H2,1H3/t25-,28-. The van der Waals surface area contributed by atoms with Crippen LogP contribution in [0.5, 0.6) is 5.75 Å². The van der Waals surface area contributed by atoms with Gasteiger partial charge < -0.3 is 4.74 Å². The highest BCUT2D eigenvalue weighted by Crippen LogP contribution is 2.37. The average Bonchev–Trinajstić information content (AvgIpc) is 2.86. The molecule has 0 amide bonds. The summed E-state index contributed by atoms with van der Waals surface area (Å²) in [5.74, 6) is 8.02. The Morgan fingerprint density at radius 1 is 0.735 bits per heavy atom. The molecule has 0 atom stereocenters. The van der Waals surface area contributed by atoms with Gasteiger partial charge in [0.05, 0.1) is 0 Å². The highest BCUT2D eigenvalue weighted by molar-refractivity contribution is 5.45. The molecule has 0 radical (unpaired) electrons. The van der Waals surface area contributed by atoms with Crippen LogP contribution in [0, 0.1) is 17.8 Å². The molecular formula is C31H40F2O. The van der Waals surface area contributed by atoms with Gasteiger partial charge in [-0.2, -0.15) is 8.78 Å². The molecule has 1 fully saturated rings. The van der Waals surface area contributed by atoms with Crippen LogP contribution in [0.15, 0.2) is 48.5 Å². The Kier molecular flexibility index (Phi) is 11.5. The number of hydrogen-bond donors (Lipinski definition) is 0. The van der Waals surface area contributed by atoms with E-state index in [0.717, 1.165) is 17.0 Å². The van der Waals surface area contributed by atoms with Crippen molar-refractivity contribution in [2.45, 2.75) is 103 Å². The van der Waals surface area contributed by atoms with Crippen LogP contribution in [0.3, 0.4) is 0 Å². The lowest BCUT2D eigenvalue weighted by atomic mass is 9.77. The minimum absolute atomic E-state index is 0.150. The Morgan fingerprint density at radius 3 is 1.82 bits per heavy atom. The smallest absolute Gasteiger partial charge is 0.387 e. The molecule has 1 aliphatic carbocycles. The van der Waals surface area contributed by atoms with Crippen molar-refractivity contribution in [2.24, 2.45) is 5.92 Å². The van der Waals surface area contributed by atoms with Gasteiger partial charge in [0.15, 0.2) is 0 Å². The molecule has 0 unspecified atom stereocenters. The fourth-order valence-electron chi connectivity index (χ4n) is 5.05. The van der Waals surface area contributed by atoms with E-state index in [0.29, 0.717) is 5.92 Å². The molecule has 0 bridgehead atoms. The third kappa shape index (κ3) is 9.49. The molecule has 1 aliphatic rings. The predicted octanol–water partition coefficient (Wildman–Crippen LogP) is 9.49. The van der Waals surface area contributed by atoms with Crippen molar-refractivity contribution in [1.29, 1.82) is 0 Å². The first-order valence-corrected chi connectivity index (χ1v) is 13.3. The van der Waals surface area contributed by atoms with Gasteiger partial charge in [-0.05, 0) is 79.5 Å². The summed E-state index contributed by atoms with van der Waals surface area (Å²) in [6.45, 7) is -0.525. The SMILES string of the molecule is CCCCCCCCCC[C@H]1CC[C@H](c2ccc(C#Cc3ccc(OC(F)F)cc3)cc2)CC1. The Bertz CT molecular complexity index is 868. The van der Waals surface area contributed by atoms with Gasteiger partial charge in [-0.3, -0.25) is 0 Å². The summed E-state index contributed by atoms with van der Waals surface area (Å²) in [5, 5.41) is 0. The molecule has 3 rings (SSSR count). The Labute approximate surface area is 205 Å². The van der Waals surface area contributed by atoms with Crippen molar-refractivity contribution >= 4 is 0 Å². The highest BCUT2D eigenvalue weighted by Gasteiger charge is 2.21. The minimum Gasteiger partial charge on any atom is -0.435 e. The van der Waals surface area contributed by atoms with Crippen LogP contribution in [-0.2, 0) is 0 Å². The van der Waals surface area contributed by atoms with Crippen molar-refractivity contribution in [3.63, 3.8) is 0 Å². The lowest BCUT2D eigenvalue weighted by molar-refractivity contribution is -0.0498. The number of rotatable bonds is 12. The van der Waals surface area contributed by atoms with Crippen molar-refractivity contribution in [3.05, 3.63) is 65.2 Å². The van der Waals surface area contributed by atoms with Crippen molar-refractivity contribution in [2.75, 3.05) is 0 Å². The fraction of sp³-hybridized carbons (Fsp3) is 0.548. The van der Waals surface area contributed by atoms with Crippen LogP contribution in [0.25, 0.3) is 0 Å². The molecule has 0 saturated heterocycles. The van der Waals surface area contributed by atoms with Gasteiger partial charge in [-0.15, -0.1) is 0 Å². The van der Waals surface area contributed by atoms with Crippen molar-refractivity contribution < 1.29 is 13.5 Å². The molecule has 3 heteroatoms. The maximum absolute atomic E-state index is 12.2. The maximum atomic E-state index is 12.2. The van der Waals surface area contributed by atoms with Crippen LogP contribution in [0.1, 0.15) is 113 Å². The second kappa shape index (κ2) is 14.8. The first kappa shape index (κ1) is 26.3. The van der Waals surface area contributed by atoms with E-state index in [4.69, 9.17) is 0 Å². The average molecular weight is 467 g/mol. The highest BCUT2D eigenvalue weighted by atomic mass is 19.3. The first-order chi connectivity index (χ1) is 16.6. The van der Waals surface area contributed by atoms with E-state index >= 15 is 0 Å². The second-order valence-corrected chi connectivity index (χ2v) is 9.76. The number of halogens is 2. The molecule has 0 N–H and O–H groups in total. The van der Waals surface area contributed by atoms with Gasteiger partial charge in [0.2, 0.25) is 0 Å². The summed E-state index contributed by atoms with van der Waals surface area (Å²) in [5.41, 5.74) is 3.19.